The number of nitrogens with one attached hydrogen (secondary N) is 1. The van der Waals surface area contributed by atoms with E-state index in [0.29, 0.717) is 28.4 Å². The summed E-state index contributed by atoms with van der Waals surface area (Å²) in [7, 11) is 0.148. The minimum Gasteiger partial charge on any atom is -1.00 e. The molecule has 256 valence electrons. The van der Waals surface area contributed by atoms with Crippen molar-refractivity contribution in [1.82, 2.24) is 9.55 Å². The molecule has 4 heterocycles. The van der Waals surface area contributed by atoms with Crippen molar-refractivity contribution in [3.63, 3.8) is 0 Å². The average molecular weight is 887 g/mol. The van der Waals surface area contributed by atoms with Gasteiger partial charge in [-0.25, -0.2) is 4.67 Å². The predicted octanol–water partition coefficient (Wildman–Crippen LogP) is -0.276. The van der Waals surface area contributed by atoms with Crippen LogP contribution >= 0.6 is 30.8 Å². The minimum absolute atomic E-state index is 0. The van der Waals surface area contributed by atoms with Crippen molar-refractivity contribution < 1.29 is 152 Å². The maximum absolute atomic E-state index is 9.37. The Morgan fingerprint density at radius 2 is 1.29 bits per heavy atom. The maximum Gasteiger partial charge on any atom is 1.00 e. The average Bonchev–Trinajstić information content (AvgIpc) is 3.96. The third kappa shape index (κ3) is 11.1. The van der Waals surface area contributed by atoms with Crippen LogP contribution in [0.25, 0.3) is 27.5 Å². The molecule has 0 fully saturated rings. The fourth-order valence-electron chi connectivity index (χ4n) is 4.84. The van der Waals surface area contributed by atoms with Gasteiger partial charge in [-0.2, -0.15) is 10.5 Å². The summed E-state index contributed by atoms with van der Waals surface area (Å²) in [5.74, 6) is 4.51. The molecule has 0 saturated carbocycles. The van der Waals surface area contributed by atoms with Crippen molar-refractivity contribution in [3.8, 4) is 52.3 Å². The van der Waals surface area contributed by atoms with Gasteiger partial charge >= 0.3 is 111 Å². The molecule has 18 heteroatoms. The van der Waals surface area contributed by atoms with Gasteiger partial charge in [-0.05, 0) is 87.8 Å². The number of hydrogen-bond donors (Lipinski definition) is 1. The molecule has 6 aromatic rings. The summed E-state index contributed by atoms with van der Waals surface area (Å²) in [6, 6.07) is 27.4. The second-order valence-electron chi connectivity index (χ2n) is 9.97. The number of hydrogen-bond acceptors (Lipinski definition) is 12. The summed E-state index contributed by atoms with van der Waals surface area (Å²) in [6.07, 6.45) is 3.50. The second-order valence-corrected chi connectivity index (χ2v) is 11.8. The number of benzene rings is 4. The first-order valence-corrected chi connectivity index (χ1v) is 16.5. The molecule has 0 aliphatic carbocycles. The van der Waals surface area contributed by atoms with E-state index in [-0.39, 0.29) is 118 Å². The Kier molecular flexibility index (Phi) is 18.3. The number of nitrogens with zero attached hydrogens (tertiary/aromatic N) is 3. The molecule has 0 bridgehead atoms. The number of H-pyrrole nitrogens is 1. The van der Waals surface area contributed by atoms with Crippen LogP contribution in [-0.4, -0.2) is 37.4 Å². The van der Waals surface area contributed by atoms with Gasteiger partial charge in [0, 0.05) is 44.6 Å². The van der Waals surface area contributed by atoms with E-state index in [1.165, 1.54) is 3.57 Å². The Bertz CT molecular complexity index is 2230. The molecule has 2 aromatic heterocycles. The maximum atomic E-state index is 9.37. The molecule has 2 aliphatic rings. The van der Waals surface area contributed by atoms with Crippen LogP contribution in [0.5, 0.6) is 34.5 Å². The Morgan fingerprint density at radius 3 is 1.79 bits per heavy atom. The summed E-state index contributed by atoms with van der Waals surface area (Å²) in [5, 5.41) is 28.5. The van der Waals surface area contributed by atoms with Crippen molar-refractivity contribution >= 4 is 52.7 Å². The van der Waals surface area contributed by atoms with Crippen LogP contribution in [-0.2, 0) is 9.24 Å². The van der Waals surface area contributed by atoms with Crippen LogP contribution in [0.1, 0.15) is 12.6 Å². The van der Waals surface area contributed by atoms with Gasteiger partial charge in [0.05, 0.1) is 36.4 Å². The number of aromatic amines is 1. The number of ether oxygens (including phenoxy) is 6. The first-order valence-electron chi connectivity index (χ1n) is 14.3. The van der Waals surface area contributed by atoms with Crippen LogP contribution in [0.4, 0.5) is 0 Å². The topological polar surface area (TPSA) is 196 Å². The van der Waals surface area contributed by atoms with Gasteiger partial charge in [0.2, 0.25) is 13.6 Å². The summed E-state index contributed by atoms with van der Waals surface area (Å²) in [5.41, 5.74) is 3.98. The van der Waals surface area contributed by atoms with Gasteiger partial charge in [-0.1, -0.05) is 0 Å². The smallest absolute Gasteiger partial charge is 1.00 e. The Balaban J connectivity index is 0.000000271. The number of fused-ring (bicyclic) bond motifs is 4. The zero-order chi connectivity index (χ0) is 35.6. The number of methoxy groups -OCH3 is 2. The van der Waals surface area contributed by atoms with Gasteiger partial charge in [-0.15, -0.1) is 0 Å². The standard InChI is InChI=1S/C17H12N2O3.C10H6N2O2.C7H7IO.2K.HO4P.H/c1-20-13-4-2-12(3-5-13)19-9-11(8-18)14-6-16-17(7-15(14)19)22-10-21-16;11-3-6-4-12-8-2-10-9(1-7(6)8)13-5-14-10;1-9-7-4-2-6(8)3-5-7;;;1-4-5(2)3;/h2-7,9H,10H2,1H3;1-2,4,12H,5H2;2-5H,1H3;;;1H;/q;;;2*+1;;-1/p-1. The zero-order valence-corrected chi connectivity index (χ0v) is 37.5. The van der Waals surface area contributed by atoms with E-state index in [2.05, 4.69) is 44.4 Å². The largest absolute Gasteiger partial charge is 1.00 e. The molecule has 0 radical (unpaired) electrons. The first kappa shape index (κ1) is 44.1. The Hall–Kier alpha value is -2.28. The monoisotopic (exact) mass is 886 g/mol. The fraction of sp³-hybridized carbons (Fsp3) is 0.118. The Morgan fingerprint density at radius 1 is 0.808 bits per heavy atom. The van der Waals surface area contributed by atoms with Gasteiger partial charge < -0.3 is 49.5 Å². The third-order valence-electron chi connectivity index (χ3n) is 7.18. The molecule has 14 nitrogen and oxygen atoms in total. The van der Waals surface area contributed by atoms with Gasteiger partial charge in [0.25, 0.3) is 0 Å². The van der Waals surface area contributed by atoms with E-state index in [0.717, 1.165) is 44.7 Å². The summed E-state index contributed by atoms with van der Waals surface area (Å²) in [4.78, 5) is 11.9. The van der Waals surface area contributed by atoms with Crippen LogP contribution in [0.2, 0.25) is 0 Å². The minimum atomic E-state index is -3.15. The molecule has 1 atom stereocenters. The molecule has 0 spiro atoms. The van der Waals surface area contributed by atoms with E-state index >= 15 is 0 Å². The molecule has 8 rings (SSSR count). The number of rotatable bonds is 4. The van der Waals surface area contributed by atoms with Gasteiger partial charge in [0.1, 0.15) is 23.6 Å². The van der Waals surface area contributed by atoms with E-state index in [9.17, 15) is 5.26 Å². The number of halogens is 1. The molecule has 4 aromatic carbocycles. The molecule has 1 unspecified atom stereocenters. The first-order chi connectivity index (χ1) is 24.3. The van der Waals surface area contributed by atoms with Crippen molar-refractivity contribution in [3.05, 3.63) is 99.9 Å². The summed E-state index contributed by atoms with van der Waals surface area (Å²) in [6.45, 7) is 0.468. The van der Waals surface area contributed by atoms with Crippen molar-refractivity contribution in [2.24, 2.45) is 0 Å². The number of aromatic nitrogens is 2. The van der Waals surface area contributed by atoms with Crippen molar-refractivity contribution in [2.75, 3.05) is 27.8 Å². The van der Waals surface area contributed by atoms with Crippen LogP contribution in [0.3, 0.4) is 0 Å². The van der Waals surface area contributed by atoms with Crippen molar-refractivity contribution in [2.45, 2.75) is 0 Å². The Labute approximate surface area is 398 Å². The molecule has 52 heavy (non-hydrogen) atoms. The second kappa shape index (κ2) is 21.6. The molecular formula is C34H26IK2N4O10P. The van der Waals surface area contributed by atoms with Crippen LogP contribution in [0.15, 0.2) is 85.2 Å². The van der Waals surface area contributed by atoms with Gasteiger partial charge in [0.15, 0.2) is 23.0 Å². The summed E-state index contributed by atoms with van der Waals surface area (Å²) < 4.78 is 46.0. The molecule has 1 N–H and O–H groups in total. The third-order valence-corrected chi connectivity index (χ3v) is 8.02. The predicted molar refractivity (Wildman–Crippen MR) is 185 cm³/mol. The molecule has 2 aliphatic heterocycles. The fourth-order valence-corrected chi connectivity index (χ4v) is 5.19. The van der Waals surface area contributed by atoms with E-state index in [4.69, 9.17) is 48.4 Å². The zero-order valence-electron chi connectivity index (χ0n) is 29.2. The normalized spacial score (nSPS) is 11.4. The number of nitriles is 2. The molecular weight excluding hydrogens is 860 g/mol. The van der Waals surface area contributed by atoms with Gasteiger partial charge in [-0.3, -0.25) is 0 Å². The molecule has 0 amide bonds. The summed E-state index contributed by atoms with van der Waals surface area (Å²) >= 11 is 2.26. The van der Waals surface area contributed by atoms with E-state index in [1.807, 2.05) is 83.6 Å². The SMILES string of the molecule is COc1ccc(-n2cc(C#N)c3cc4c(cc32)OCO4)cc1.COc1ccc(I)cc1.N#Cc1c[nH]c2cc3c(cc12)OCO3.O=[P+]([O-])O[O-].[H-].[K+].[K+]. The van der Waals surface area contributed by atoms with Crippen molar-refractivity contribution in [1.29, 1.82) is 10.5 Å². The molecule has 0 saturated heterocycles. The van der Waals surface area contributed by atoms with Crippen LogP contribution in [0, 0.1) is 26.2 Å². The van der Waals surface area contributed by atoms with Crippen LogP contribution < -0.4 is 141 Å². The van der Waals surface area contributed by atoms with E-state index < -0.39 is 8.25 Å². The van der Waals surface area contributed by atoms with E-state index in [1.54, 1.807) is 20.4 Å². The quantitative estimate of drug-likeness (QED) is 0.0802.